The first-order valence-electron chi connectivity index (χ1n) is 6.55. The van der Waals surface area contributed by atoms with Gasteiger partial charge in [-0.2, -0.15) is 0 Å². The third-order valence-corrected chi connectivity index (χ3v) is 4.22. The van der Waals surface area contributed by atoms with Gasteiger partial charge in [-0.3, -0.25) is 4.79 Å². The first-order valence-corrected chi connectivity index (χ1v) is 8.47. The summed E-state index contributed by atoms with van der Waals surface area (Å²) in [6.07, 6.45) is 0.133. The van der Waals surface area contributed by atoms with Crippen molar-refractivity contribution in [3.63, 3.8) is 0 Å². The van der Waals surface area contributed by atoms with Gasteiger partial charge < -0.3 is 10.1 Å². The van der Waals surface area contributed by atoms with E-state index in [1.807, 2.05) is 0 Å². The third kappa shape index (κ3) is 4.69. The monoisotopic (exact) mass is 354 g/mol. The molecule has 0 aliphatic heterocycles. The SMILES string of the molecule is COc1ccc(NC(=O)Cc2ccc(Cl)cc2)cc1S(N)(=O)=O. The molecule has 8 heteroatoms. The van der Waals surface area contributed by atoms with Crippen LogP contribution in [-0.2, 0) is 21.2 Å². The van der Waals surface area contributed by atoms with Crippen LogP contribution < -0.4 is 15.2 Å². The van der Waals surface area contributed by atoms with Gasteiger partial charge in [-0.05, 0) is 35.9 Å². The van der Waals surface area contributed by atoms with Crippen LogP contribution in [0.25, 0.3) is 0 Å². The minimum atomic E-state index is -3.96. The van der Waals surface area contributed by atoms with Gasteiger partial charge in [0.25, 0.3) is 0 Å². The number of carbonyl (C=O) groups excluding carboxylic acids is 1. The highest BCUT2D eigenvalue weighted by atomic mass is 35.5. The Morgan fingerprint density at radius 2 is 1.87 bits per heavy atom. The van der Waals surface area contributed by atoms with Crippen LogP contribution in [-0.4, -0.2) is 21.4 Å². The van der Waals surface area contributed by atoms with E-state index in [0.29, 0.717) is 10.7 Å². The van der Waals surface area contributed by atoms with Crippen LogP contribution in [0.15, 0.2) is 47.4 Å². The summed E-state index contributed by atoms with van der Waals surface area (Å²) in [5.41, 5.74) is 1.10. The molecule has 0 fully saturated rings. The molecule has 0 saturated carbocycles. The Balaban J connectivity index is 2.16. The molecule has 0 saturated heterocycles. The lowest BCUT2D eigenvalue weighted by Crippen LogP contribution is -2.17. The van der Waals surface area contributed by atoms with Gasteiger partial charge in [-0.15, -0.1) is 0 Å². The maximum atomic E-state index is 12.0. The van der Waals surface area contributed by atoms with Crippen molar-refractivity contribution in [1.82, 2.24) is 0 Å². The maximum Gasteiger partial charge on any atom is 0.241 e. The van der Waals surface area contributed by atoms with Crippen molar-refractivity contribution < 1.29 is 17.9 Å². The molecule has 6 nitrogen and oxygen atoms in total. The van der Waals surface area contributed by atoms with E-state index in [9.17, 15) is 13.2 Å². The molecular weight excluding hydrogens is 340 g/mol. The van der Waals surface area contributed by atoms with Crippen molar-refractivity contribution in [2.45, 2.75) is 11.3 Å². The van der Waals surface area contributed by atoms with Crippen LogP contribution in [0, 0.1) is 0 Å². The lowest BCUT2D eigenvalue weighted by atomic mass is 10.1. The molecule has 1 amide bonds. The van der Waals surface area contributed by atoms with Crippen LogP contribution in [0.4, 0.5) is 5.69 Å². The highest BCUT2D eigenvalue weighted by molar-refractivity contribution is 7.89. The lowest BCUT2D eigenvalue weighted by Gasteiger charge is -2.10. The zero-order chi connectivity index (χ0) is 17.0. The van der Waals surface area contributed by atoms with Gasteiger partial charge in [0.2, 0.25) is 15.9 Å². The van der Waals surface area contributed by atoms with Gasteiger partial charge in [0.15, 0.2) is 0 Å². The number of benzene rings is 2. The minimum Gasteiger partial charge on any atom is -0.495 e. The van der Waals surface area contributed by atoms with Crippen molar-refractivity contribution in [3.05, 3.63) is 53.1 Å². The van der Waals surface area contributed by atoms with E-state index in [1.165, 1.54) is 25.3 Å². The molecule has 0 unspecified atom stereocenters. The van der Waals surface area contributed by atoms with Crippen LogP contribution >= 0.6 is 11.6 Å². The Labute approximate surface area is 139 Å². The summed E-state index contributed by atoms with van der Waals surface area (Å²) in [4.78, 5) is 11.8. The van der Waals surface area contributed by atoms with Crippen LogP contribution in [0.5, 0.6) is 5.75 Å². The molecule has 0 bridgehead atoms. The number of halogens is 1. The standard InChI is InChI=1S/C15H15ClN2O4S/c1-22-13-7-6-12(9-14(13)23(17,20)21)18-15(19)8-10-2-4-11(16)5-3-10/h2-7,9H,8H2,1H3,(H,18,19)(H2,17,20,21). The number of hydrogen-bond acceptors (Lipinski definition) is 4. The molecule has 0 aliphatic carbocycles. The number of anilines is 1. The Kier molecular flexibility index (Phi) is 5.25. The summed E-state index contributed by atoms with van der Waals surface area (Å²) < 4.78 is 28.0. The number of rotatable bonds is 5. The molecule has 23 heavy (non-hydrogen) atoms. The average molecular weight is 355 g/mol. The van der Waals surface area contributed by atoms with E-state index < -0.39 is 10.0 Å². The van der Waals surface area contributed by atoms with Crippen molar-refractivity contribution in [1.29, 1.82) is 0 Å². The largest absolute Gasteiger partial charge is 0.495 e. The first-order chi connectivity index (χ1) is 10.8. The summed E-state index contributed by atoms with van der Waals surface area (Å²) in [5.74, 6) is -0.180. The van der Waals surface area contributed by atoms with Crippen molar-refractivity contribution in [2.75, 3.05) is 12.4 Å². The molecule has 3 N–H and O–H groups in total. The van der Waals surface area contributed by atoms with E-state index in [1.54, 1.807) is 24.3 Å². The van der Waals surface area contributed by atoms with E-state index in [2.05, 4.69) is 5.32 Å². The van der Waals surface area contributed by atoms with E-state index >= 15 is 0 Å². The first kappa shape index (κ1) is 17.3. The Morgan fingerprint density at radius 1 is 1.22 bits per heavy atom. The van der Waals surface area contributed by atoms with Gasteiger partial charge in [0.1, 0.15) is 10.6 Å². The number of amides is 1. The molecule has 0 atom stereocenters. The van der Waals surface area contributed by atoms with Gasteiger partial charge in [0.05, 0.1) is 13.5 Å². The predicted octanol–water partition coefficient (Wildman–Crippen LogP) is 2.18. The lowest BCUT2D eigenvalue weighted by molar-refractivity contribution is -0.115. The number of hydrogen-bond donors (Lipinski definition) is 2. The number of methoxy groups -OCH3 is 1. The zero-order valence-corrected chi connectivity index (χ0v) is 13.8. The topological polar surface area (TPSA) is 98.5 Å². The van der Waals surface area contributed by atoms with Gasteiger partial charge in [-0.1, -0.05) is 23.7 Å². The smallest absolute Gasteiger partial charge is 0.241 e. The number of carbonyl (C=O) groups is 1. The van der Waals surface area contributed by atoms with E-state index in [0.717, 1.165) is 5.56 Å². The van der Waals surface area contributed by atoms with Crippen molar-refractivity contribution in [2.24, 2.45) is 5.14 Å². The summed E-state index contributed by atoms with van der Waals surface area (Å²) in [7, 11) is -2.62. The maximum absolute atomic E-state index is 12.0. The quantitative estimate of drug-likeness (QED) is 0.859. The number of primary sulfonamides is 1. The van der Waals surface area contributed by atoms with Crippen molar-refractivity contribution >= 4 is 33.2 Å². The molecule has 2 rings (SSSR count). The summed E-state index contributed by atoms with van der Waals surface area (Å²) in [6, 6.07) is 11.1. The Morgan fingerprint density at radius 3 is 2.43 bits per heavy atom. The number of nitrogens with one attached hydrogen (secondary N) is 1. The van der Waals surface area contributed by atoms with Crippen LogP contribution in [0.3, 0.4) is 0 Å². The molecule has 2 aromatic rings. The second-order valence-corrected chi connectivity index (χ2v) is 6.73. The normalized spacial score (nSPS) is 11.1. The van der Waals surface area contributed by atoms with Crippen LogP contribution in [0.2, 0.25) is 5.02 Å². The molecular formula is C15H15ClN2O4S. The fraction of sp³-hybridized carbons (Fsp3) is 0.133. The molecule has 0 aliphatic rings. The molecule has 0 heterocycles. The molecule has 0 radical (unpaired) electrons. The molecule has 0 aromatic heterocycles. The molecule has 0 spiro atoms. The summed E-state index contributed by atoms with van der Waals surface area (Å²) >= 11 is 5.79. The zero-order valence-electron chi connectivity index (χ0n) is 12.2. The minimum absolute atomic E-state index is 0.114. The van der Waals surface area contributed by atoms with Gasteiger partial charge >= 0.3 is 0 Å². The second-order valence-electron chi connectivity index (χ2n) is 4.76. The summed E-state index contributed by atoms with van der Waals surface area (Å²) in [6.45, 7) is 0. The second kappa shape index (κ2) is 6.99. The fourth-order valence-electron chi connectivity index (χ4n) is 1.97. The van der Waals surface area contributed by atoms with E-state index in [4.69, 9.17) is 21.5 Å². The average Bonchev–Trinajstić information content (AvgIpc) is 2.48. The van der Waals surface area contributed by atoms with Crippen molar-refractivity contribution in [3.8, 4) is 5.75 Å². The fourth-order valence-corrected chi connectivity index (χ4v) is 2.82. The number of sulfonamides is 1. The van der Waals surface area contributed by atoms with Crippen LogP contribution in [0.1, 0.15) is 5.56 Å². The Hall–Kier alpha value is -2.09. The van der Waals surface area contributed by atoms with E-state index in [-0.39, 0.29) is 23.0 Å². The predicted molar refractivity (Wildman–Crippen MR) is 88.2 cm³/mol. The van der Waals surface area contributed by atoms with Gasteiger partial charge in [0, 0.05) is 10.7 Å². The third-order valence-electron chi connectivity index (χ3n) is 3.03. The van der Waals surface area contributed by atoms with Gasteiger partial charge in [-0.25, -0.2) is 13.6 Å². The Bertz CT molecular complexity index is 820. The highest BCUT2D eigenvalue weighted by Crippen LogP contribution is 2.26. The number of ether oxygens (including phenoxy) is 1. The molecule has 122 valence electrons. The molecule has 2 aromatic carbocycles. The highest BCUT2D eigenvalue weighted by Gasteiger charge is 2.16. The number of nitrogens with two attached hydrogens (primary N) is 1. The summed E-state index contributed by atoms with van der Waals surface area (Å²) in [5, 5.41) is 8.34.